The van der Waals surface area contributed by atoms with Crippen LogP contribution in [0, 0.1) is 0 Å². The van der Waals surface area contributed by atoms with Crippen LogP contribution in [0.1, 0.15) is 28.8 Å². The number of benzene rings is 2. The first-order chi connectivity index (χ1) is 13.5. The Labute approximate surface area is 162 Å². The Morgan fingerprint density at radius 3 is 2.61 bits per heavy atom. The number of carbonyl (C=O) groups excluding carboxylic acids is 2. The van der Waals surface area contributed by atoms with Crippen LogP contribution < -0.4 is 15.0 Å². The van der Waals surface area contributed by atoms with Crippen molar-refractivity contribution in [2.24, 2.45) is 0 Å². The number of rotatable bonds is 8. The van der Waals surface area contributed by atoms with Crippen molar-refractivity contribution < 1.29 is 24.2 Å². The van der Waals surface area contributed by atoms with Crippen LogP contribution >= 0.6 is 0 Å². The van der Waals surface area contributed by atoms with Gasteiger partial charge < -0.3 is 20.1 Å². The number of carboxylic acids is 1. The van der Waals surface area contributed by atoms with Gasteiger partial charge in [-0.05, 0) is 42.7 Å². The first kappa shape index (κ1) is 19.4. The van der Waals surface area contributed by atoms with Crippen molar-refractivity contribution in [1.82, 2.24) is 5.32 Å². The highest BCUT2D eigenvalue weighted by Gasteiger charge is 2.21. The molecule has 1 aliphatic heterocycles. The number of anilines is 1. The molecular formula is C21H22N2O5. The summed E-state index contributed by atoms with van der Waals surface area (Å²) in [5.74, 6) is -0.567. The van der Waals surface area contributed by atoms with E-state index in [0.717, 1.165) is 17.7 Å². The van der Waals surface area contributed by atoms with E-state index in [1.807, 2.05) is 6.07 Å². The third kappa shape index (κ3) is 5.09. The second kappa shape index (κ2) is 9.03. The predicted octanol–water partition coefficient (Wildman–Crippen LogP) is 2.25. The third-order valence-corrected chi connectivity index (χ3v) is 4.51. The van der Waals surface area contributed by atoms with Crippen LogP contribution in [0.15, 0.2) is 48.5 Å². The van der Waals surface area contributed by atoms with Crippen molar-refractivity contribution in [3.63, 3.8) is 0 Å². The highest BCUT2D eigenvalue weighted by atomic mass is 16.5. The number of nitrogens with one attached hydrogen (secondary N) is 1. The minimum absolute atomic E-state index is 0.103. The number of nitrogens with zero attached hydrogens (tertiary/aromatic N) is 1. The van der Waals surface area contributed by atoms with Crippen LogP contribution in [0.2, 0.25) is 0 Å². The number of carbonyl (C=O) groups is 3. The lowest BCUT2D eigenvalue weighted by molar-refractivity contribution is -0.123. The molecule has 1 heterocycles. The molecule has 0 aliphatic carbocycles. The molecule has 1 aliphatic rings. The second-order valence-electron chi connectivity index (χ2n) is 6.54. The fourth-order valence-corrected chi connectivity index (χ4v) is 3.02. The highest BCUT2D eigenvalue weighted by molar-refractivity contribution is 5.95. The van der Waals surface area contributed by atoms with Crippen molar-refractivity contribution in [2.45, 2.75) is 19.3 Å². The van der Waals surface area contributed by atoms with Gasteiger partial charge >= 0.3 is 5.97 Å². The zero-order chi connectivity index (χ0) is 19.9. The Morgan fingerprint density at radius 2 is 1.93 bits per heavy atom. The van der Waals surface area contributed by atoms with Crippen LogP contribution in [0.5, 0.6) is 5.75 Å². The van der Waals surface area contributed by atoms with E-state index in [4.69, 9.17) is 9.84 Å². The van der Waals surface area contributed by atoms with E-state index in [1.165, 1.54) is 0 Å². The topological polar surface area (TPSA) is 95.9 Å². The van der Waals surface area contributed by atoms with Gasteiger partial charge in [0.2, 0.25) is 5.91 Å². The van der Waals surface area contributed by atoms with E-state index in [2.05, 4.69) is 5.32 Å². The van der Waals surface area contributed by atoms with Crippen molar-refractivity contribution in [3.05, 3.63) is 59.7 Å². The summed E-state index contributed by atoms with van der Waals surface area (Å²) in [6.45, 7) is 1.02. The highest BCUT2D eigenvalue weighted by Crippen LogP contribution is 2.25. The molecule has 28 heavy (non-hydrogen) atoms. The van der Waals surface area contributed by atoms with Gasteiger partial charge in [-0.3, -0.25) is 9.59 Å². The van der Waals surface area contributed by atoms with E-state index >= 15 is 0 Å². The fourth-order valence-electron chi connectivity index (χ4n) is 3.02. The monoisotopic (exact) mass is 382 g/mol. The van der Waals surface area contributed by atoms with Crippen molar-refractivity contribution >= 4 is 23.5 Å². The van der Waals surface area contributed by atoms with Gasteiger partial charge in [0.1, 0.15) is 5.75 Å². The Bertz CT molecular complexity index is 863. The van der Waals surface area contributed by atoms with Gasteiger partial charge in [0, 0.05) is 31.3 Å². The van der Waals surface area contributed by atoms with E-state index in [9.17, 15) is 14.4 Å². The molecule has 7 nitrogen and oxygen atoms in total. The quantitative estimate of drug-likeness (QED) is 0.730. The summed E-state index contributed by atoms with van der Waals surface area (Å²) in [5, 5.41) is 11.6. The largest absolute Gasteiger partial charge is 0.484 e. The second-order valence-corrected chi connectivity index (χ2v) is 6.54. The number of aromatic carboxylic acids is 1. The van der Waals surface area contributed by atoms with Crippen LogP contribution in [0.3, 0.4) is 0 Å². The normalized spacial score (nSPS) is 13.4. The molecule has 0 radical (unpaired) electrons. The lowest BCUT2D eigenvalue weighted by Gasteiger charge is -2.16. The van der Waals surface area contributed by atoms with Crippen molar-refractivity contribution in [2.75, 3.05) is 24.6 Å². The van der Waals surface area contributed by atoms with Crippen LogP contribution in [-0.2, 0) is 16.0 Å². The lowest BCUT2D eigenvalue weighted by atomic mass is 10.1. The van der Waals surface area contributed by atoms with Crippen LogP contribution in [0.4, 0.5) is 5.69 Å². The maximum atomic E-state index is 12.0. The standard InChI is InChI=1S/C21H22N2O5/c24-19(22-11-10-15-6-8-16(9-7-15)21(26)27)14-28-18-4-1-3-17(13-18)23-12-2-5-20(23)25/h1,3-4,6-9,13H,2,5,10-12,14H2,(H,22,24)(H,26,27). The summed E-state index contributed by atoms with van der Waals surface area (Å²) in [7, 11) is 0. The van der Waals surface area contributed by atoms with E-state index in [-0.39, 0.29) is 24.0 Å². The molecule has 1 saturated heterocycles. The average molecular weight is 382 g/mol. The van der Waals surface area contributed by atoms with Gasteiger partial charge in [0.15, 0.2) is 6.61 Å². The minimum atomic E-state index is -0.963. The summed E-state index contributed by atoms with van der Waals surface area (Å²) in [6, 6.07) is 13.7. The minimum Gasteiger partial charge on any atom is -0.484 e. The smallest absolute Gasteiger partial charge is 0.335 e. The van der Waals surface area contributed by atoms with E-state index in [0.29, 0.717) is 31.7 Å². The molecule has 1 fully saturated rings. The van der Waals surface area contributed by atoms with E-state index < -0.39 is 5.97 Å². The molecule has 0 spiro atoms. The average Bonchev–Trinajstić information content (AvgIpc) is 3.13. The zero-order valence-corrected chi connectivity index (χ0v) is 15.4. The molecule has 0 unspecified atom stereocenters. The van der Waals surface area contributed by atoms with Gasteiger partial charge in [-0.1, -0.05) is 18.2 Å². The zero-order valence-electron chi connectivity index (χ0n) is 15.4. The van der Waals surface area contributed by atoms with Gasteiger partial charge in [-0.2, -0.15) is 0 Å². The summed E-state index contributed by atoms with van der Waals surface area (Å²) < 4.78 is 5.53. The van der Waals surface area contributed by atoms with Crippen molar-refractivity contribution in [3.8, 4) is 5.75 Å². The molecule has 3 rings (SSSR count). The molecule has 0 saturated carbocycles. The molecule has 0 atom stereocenters. The Morgan fingerprint density at radius 1 is 1.14 bits per heavy atom. The number of amides is 2. The molecule has 146 valence electrons. The number of ether oxygens (including phenoxy) is 1. The molecule has 2 N–H and O–H groups in total. The lowest BCUT2D eigenvalue weighted by Crippen LogP contribution is -2.30. The SMILES string of the molecule is O=C(COc1cccc(N2CCCC2=O)c1)NCCc1ccc(C(=O)O)cc1. The molecule has 7 heteroatoms. The summed E-state index contributed by atoms with van der Waals surface area (Å²) in [5.41, 5.74) is 1.96. The Hall–Kier alpha value is -3.35. The first-order valence-corrected chi connectivity index (χ1v) is 9.15. The van der Waals surface area contributed by atoms with Gasteiger partial charge in [0.05, 0.1) is 5.56 Å². The molecule has 0 aromatic heterocycles. The molecule has 0 bridgehead atoms. The van der Waals surface area contributed by atoms with Crippen LogP contribution in [-0.4, -0.2) is 42.6 Å². The Kier molecular flexibility index (Phi) is 6.26. The summed E-state index contributed by atoms with van der Waals surface area (Å²) in [6.07, 6.45) is 2.01. The van der Waals surface area contributed by atoms with Gasteiger partial charge in [-0.15, -0.1) is 0 Å². The van der Waals surface area contributed by atoms with E-state index in [1.54, 1.807) is 47.4 Å². The molecule has 2 amide bonds. The number of hydrogen-bond acceptors (Lipinski definition) is 4. The molecular weight excluding hydrogens is 360 g/mol. The van der Waals surface area contributed by atoms with Crippen LogP contribution in [0.25, 0.3) is 0 Å². The molecule has 2 aromatic rings. The maximum Gasteiger partial charge on any atom is 0.335 e. The Balaban J connectivity index is 1.43. The fraction of sp³-hybridized carbons (Fsp3) is 0.286. The van der Waals surface area contributed by atoms with Gasteiger partial charge in [0.25, 0.3) is 5.91 Å². The maximum absolute atomic E-state index is 12.0. The number of hydrogen-bond donors (Lipinski definition) is 2. The first-order valence-electron chi connectivity index (χ1n) is 9.15. The van der Waals surface area contributed by atoms with Crippen molar-refractivity contribution in [1.29, 1.82) is 0 Å². The molecule has 2 aromatic carbocycles. The summed E-state index contributed by atoms with van der Waals surface area (Å²) >= 11 is 0. The van der Waals surface area contributed by atoms with Gasteiger partial charge in [-0.25, -0.2) is 4.79 Å². The third-order valence-electron chi connectivity index (χ3n) is 4.51. The predicted molar refractivity (Wildman–Crippen MR) is 104 cm³/mol. The summed E-state index contributed by atoms with van der Waals surface area (Å²) in [4.78, 5) is 36.3. The number of carboxylic acid groups (broad SMARTS) is 1.